The Kier molecular flexibility index (Phi) is 5.76. The standard InChI is InChI=1S/C17H17BrN4O2S/c18-13-6-4-12(5-7-13)15-21-22-16(24-15)25-10-14(23)20-17(11-19)8-2-1-3-9-17/h4-7H,1-3,8-10H2,(H,20,23). The van der Waals surface area contributed by atoms with Crippen LogP contribution in [-0.2, 0) is 4.79 Å². The van der Waals surface area contributed by atoms with E-state index < -0.39 is 5.54 Å². The maximum absolute atomic E-state index is 12.2. The van der Waals surface area contributed by atoms with Crippen molar-refractivity contribution in [1.29, 1.82) is 5.26 Å². The molecule has 3 rings (SSSR count). The number of halogens is 1. The summed E-state index contributed by atoms with van der Waals surface area (Å²) in [6.07, 6.45) is 4.50. The van der Waals surface area contributed by atoms with E-state index in [-0.39, 0.29) is 11.7 Å². The van der Waals surface area contributed by atoms with E-state index in [9.17, 15) is 10.1 Å². The van der Waals surface area contributed by atoms with Crippen LogP contribution >= 0.6 is 27.7 Å². The lowest BCUT2D eigenvalue weighted by molar-refractivity contribution is -0.120. The number of hydrogen-bond acceptors (Lipinski definition) is 6. The topological polar surface area (TPSA) is 91.8 Å². The minimum atomic E-state index is -0.715. The summed E-state index contributed by atoms with van der Waals surface area (Å²) in [6, 6.07) is 9.82. The van der Waals surface area contributed by atoms with Crippen LogP contribution in [0.4, 0.5) is 0 Å². The van der Waals surface area contributed by atoms with Crippen LogP contribution < -0.4 is 5.32 Å². The number of benzene rings is 1. The molecule has 0 bridgehead atoms. The SMILES string of the molecule is N#CC1(NC(=O)CSc2nnc(-c3ccc(Br)cc3)o2)CCCCC1. The molecule has 1 aliphatic carbocycles. The van der Waals surface area contributed by atoms with Crippen molar-refractivity contribution in [3.8, 4) is 17.5 Å². The zero-order valence-electron chi connectivity index (χ0n) is 13.5. The van der Waals surface area contributed by atoms with Gasteiger partial charge in [-0.3, -0.25) is 4.79 Å². The van der Waals surface area contributed by atoms with Gasteiger partial charge in [0.05, 0.1) is 11.8 Å². The first-order chi connectivity index (χ1) is 12.1. The number of rotatable bonds is 5. The molecule has 1 fully saturated rings. The normalized spacial score (nSPS) is 16.2. The first kappa shape index (κ1) is 18.0. The third-order valence-electron chi connectivity index (χ3n) is 4.12. The third-order valence-corrected chi connectivity index (χ3v) is 5.47. The van der Waals surface area contributed by atoms with E-state index in [1.807, 2.05) is 24.3 Å². The zero-order valence-corrected chi connectivity index (χ0v) is 15.9. The van der Waals surface area contributed by atoms with E-state index in [4.69, 9.17) is 4.42 Å². The van der Waals surface area contributed by atoms with Crippen molar-refractivity contribution in [1.82, 2.24) is 15.5 Å². The maximum atomic E-state index is 12.2. The van der Waals surface area contributed by atoms with Gasteiger partial charge >= 0.3 is 0 Å². The first-order valence-electron chi connectivity index (χ1n) is 8.05. The molecule has 0 spiro atoms. The quantitative estimate of drug-likeness (QED) is 0.736. The Labute approximate surface area is 158 Å². The number of thioether (sulfide) groups is 1. The van der Waals surface area contributed by atoms with Crippen molar-refractivity contribution in [2.45, 2.75) is 42.9 Å². The molecule has 0 unspecified atom stereocenters. The lowest BCUT2D eigenvalue weighted by Crippen LogP contribution is -2.49. The fourth-order valence-corrected chi connectivity index (χ4v) is 3.66. The van der Waals surface area contributed by atoms with Gasteiger partial charge in [-0.15, -0.1) is 10.2 Å². The third kappa shape index (κ3) is 4.61. The fourth-order valence-electron chi connectivity index (χ4n) is 2.83. The van der Waals surface area contributed by atoms with E-state index >= 15 is 0 Å². The van der Waals surface area contributed by atoms with Gasteiger partial charge < -0.3 is 9.73 Å². The number of carbonyl (C=O) groups excluding carboxylic acids is 1. The van der Waals surface area contributed by atoms with Crippen LogP contribution in [0.3, 0.4) is 0 Å². The minimum absolute atomic E-state index is 0.144. The summed E-state index contributed by atoms with van der Waals surface area (Å²) in [5.41, 5.74) is 0.102. The molecule has 1 saturated carbocycles. The van der Waals surface area contributed by atoms with Gasteiger partial charge in [0.2, 0.25) is 11.8 Å². The maximum Gasteiger partial charge on any atom is 0.277 e. The highest BCUT2D eigenvalue weighted by Crippen LogP contribution is 2.28. The van der Waals surface area contributed by atoms with Crippen molar-refractivity contribution in [2.24, 2.45) is 0 Å². The predicted molar refractivity (Wildman–Crippen MR) is 97.7 cm³/mol. The second-order valence-electron chi connectivity index (χ2n) is 5.97. The molecule has 1 aromatic carbocycles. The Balaban J connectivity index is 1.56. The molecular weight excluding hydrogens is 404 g/mol. The average molecular weight is 421 g/mol. The molecule has 0 atom stereocenters. The predicted octanol–water partition coefficient (Wildman–Crippen LogP) is 3.93. The molecular formula is C17H17BrN4O2S. The molecule has 1 heterocycles. The molecule has 0 radical (unpaired) electrons. The van der Waals surface area contributed by atoms with Crippen LogP contribution in [0.1, 0.15) is 32.1 Å². The van der Waals surface area contributed by atoms with Crippen molar-refractivity contribution in [3.63, 3.8) is 0 Å². The number of aromatic nitrogens is 2. The molecule has 6 nitrogen and oxygen atoms in total. The van der Waals surface area contributed by atoms with Gasteiger partial charge in [0.15, 0.2) is 0 Å². The number of carbonyl (C=O) groups is 1. The largest absolute Gasteiger partial charge is 0.411 e. The molecule has 1 aliphatic rings. The van der Waals surface area contributed by atoms with Crippen LogP contribution in [0.2, 0.25) is 0 Å². The minimum Gasteiger partial charge on any atom is -0.411 e. The van der Waals surface area contributed by atoms with Crippen molar-refractivity contribution in [2.75, 3.05) is 5.75 Å². The van der Waals surface area contributed by atoms with Gasteiger partial charge in [-0.2, -0.15) is 5.26 Å². The Morgan fingerprint density at radius 2 is 2.00 bits per heavy atom. The molecule has 8 heteroatoms. The second-order valence-corrected chi connectivity index (χ2v) is 7.81. The lowest BCUT2D eigenvalue weighted by Gasteiger charge is -2.31. The summed E-state index contributed by atoms with van der Waals surface area (Å²) < 4.78 is 6.55. The Hall–Kier alpha value is -1.85. The highest BCUT2D eigenvalue weighted by molar-refractivity contribution is 9.10. The summed E-state index contributed by atoms with van der Waals surface area (Å²) >= 11 is 4.55. The van der Waals surface area contributed by atoms with Crippen LogP contribution in [0, 0.1) is 11.3 Å². The van der Waals surface area contributed by atoms with E-state index in [1.54, 1.807) is 0 Å². The van der Waals surface area contributed by atoms with E-state index in [0.717, 1.165) is 29.3 Å². The summed E-state index contributed by atoms with van der Waals surface area (Å²) in [5.74, 6) is 0.374. The van der Waals surface area contributed by atoms with Gasteiger partial charge in [0, 0.05) is 10.0 Å². The highest BCUT2D eigenvalue weighted by atomic mass is 79.9. The smallest absolute Gasteiger partial charge is 0.277 e. The molecule has 25 heavy (non-hydrogen) atoms. The van der Waals surface area contributed by atoms with E-state index in [0.29, 0.717) is 24.0 Å². The molecule has 0 aliphatic heterocycles. The monoisotopic (exact) mass is 420 g/mol. The fraction of sp³-hybridized carbons (Fsp3) is 0.412. The number of nitrogens with one attached hydrogen (secondary N) is 1. The summed E-state index contributed by atoms with van der Waals surface area (Å²) in [4.78, 5) is 12.2. The van der Waals surface area contributed by atoms with Gasteiger partial charge in [0.25, 0.3) is 5.22 Å². The van der Waals surface area contributed by atoms with Gasteiger partial charge in [-0.1, -0.05) is 47.0 Å². The molecule has 130 valence electrons. The number of amides is 1. The lowest BCUT2D eigenvalue weighted by atomic mass is 9.83. The summed E-state index contributed by atoms with van der Waals surface area (Å²) in [7, 11) is 0. The molecule has 1 amide bonds. The van der Waals surface area contributed by atoms with E-state index in [2.05, 4.69) is 37.5 Å². The summed E-state index contributed by atoms with van der Waals surface area (Å²) in [5, 5.41) is 20.6. The second kappa shape index (κ2) is 8.02. The van der Waals surface area contributed by atoms with Gasteiger partial charge in [0.1, 0.15) is 5.54 Å². The van der Waals surface area contributed by atoms with Crippen LogP contribution in [0.25, 0.3) is 11.5 Å². The van der Waals surface area contributed by atoms with Crippen molar-refractivity contribution < 1.29 is 9.21 Å². The average Bonchev–Trinajstić information content (AvgIpc) is 3.10. The Morgan fingerprint density at radius 3 is 2.68 bits per heavy atom. The molecule has 2 aromatic rings. The highest BCUT2D eigenvalue weighted by Gasteiger charge is 2.33. The van der Waals surface area contributed by atoms with Gasteiger partial charge in [-0.25, -0.2) is 0 Å². The van der Waals surface area contributed by atoms with Crippen LogP contribution in [0.15, 0.2) is 38.4 Å². The van der Waals surface area contributed by atoms with Crippen LogP contribution in [0.5, 0.6) is 0 Å². The number of hydrogen-bond donors (Lipinski definition) is 1. The number of nitriles is 1. The van der Waals surface area contributed by atoms with E-state index in [1.165, 1.54) is 11.8 Å². The molecule has 1 N–H and O–H groups in total. The van der Waals surface area contributed by atoms with Crippen LogP contribution in [-0.4, -0.2) is 27.4 Å². The Bertz CT molecular complexity index is 779. The molecule has 0 saturated heterocycles. The number of nitrogens with zero attached hydrogens (tertiary/aromatic N) is 3. The van der Waals surface area contributed by atoms with Gasteiger partial charge in [-0.05, 0) is 37.1 Å². The van der Waals surface area contributed by atoms with Crippen molar-refractivity contribution in [3.05, 3.63) is 28.7 Å². The molecule has 1 aromatic heterocycles. The van der Waals surface area contributed by atoms with Crippen molar-refractivity contribution >= 4 is 33.6 Å². The zero-order chi connectivity index (χ0) is 17.7. The first-order valence-corrected chi connectivity index (χ1v) is 9.83. The summed E-state index contributed by atoms with van der Waals surface area (Å²) in [6.45, 7) is 0. The Morgan fingerprint density at radius 1 is 1.28 bits per heavy atom.